The Labute approximate surface area is 130 Å². The summed E-state index contributed by atoms with van der Waals surface area (Å²) in [6.07, 6.45) is 0. The summed E-state index contributed by atoms with van der Waals surface area (Å²) in [7, 11) is 0. The molecule has 0 unspecified atom stereocenters. The average Bonchev–Trinajstić information content (AvgIpc) is 2.71. The summed E-state index contributed by atoms with van der Waals surface area (Å²) < 4.78 is 5.51. The van der Waals surface area contributed by atoms with Crippen molar-refractivity contribution >= 4 is 5.97 Å². The average molecular weight is 296 g/mol. The van der Waals surface area contributed by atoms with Gasteiger partial charge in [0.05, 0.1) is 17.2 Å². The number of carbonyl (C=O) groups excluding carboxylic acids is 1. The Morgan fingerprint density at radius 3 is 2.23 bits per heavy atom. The van der Waals surface area contributed by atoms with E-state index in [0.29, 0.717) is 11.1 Å². The molecular formula is C18H20N2O2. The summed E-state index contributed by atoms with van der Waals surface area (Å²) in [4.78, 5) is 15.7. The molecule has 0 amide bonds. The molecule has 0 radical (unpaired) electrons. The lowest BCUT2D eigenvalue weighted by Gasteiger charge is -2.20. The molecule has 0 aliphatic heterocycles. The highest BCUT2D eigenvalue weighted by atomic mass is 16.6. The second-order valence-electron chi connectivity index (χ2n) is 6.32. The summed E-state index contributed by atoms with van der Waals surface area (Å²) >= 11 is 0. The molecule has 0 fully saturated rings. The third kappa shape index (κ3) is 3.20. The fourth-order valence-electron chi connectivity index (χ4n) is 2.44. The topological polar surface area (TPSA) is 65.9 Å². The van der Waals surface area contributed by atoms with Gasteiger partial charge in [-0.15, -0.1) is 0 Å². The van der Waals surface area contributed by atoms with Crippen LogP contribution in [0.4, 0.5) is 0 Å². The molecule has 1 heterocycles. The number of benzene rings is 1. The standard InChI is InChI=1S/C18H20N2O2/c1-11-15(14-8-6-13(10-19)7-9-14)16(12(2)20-11)17(21)22-18(3,4)5/h6-9,20H,1-5H3. The molecule has 1 aromatic heterocycles. The smallest absolute Gasteiger partial charge is 0.341 e. The van der Waals surface area contributed by atoms with Gasteiger partial charge in [0, 0.05) is 17.0 Å². The highest BCUT2D eigenvalue weighted by Crippen LogP contribution is 2.31. The van der Waals surface area contributed by atoms with Gasteiger partial charge in [-0.05, 0) is 52.3 Å². The Morgan fingerprint density at radius 2 is 1.73 bits per heavy atom. The van der Waals surface area contributed by atoms with E-state index in [0.717, 1.165) is 22.5 Å². The van der Waals surface area contributed by atoms with Gasteiger partial charge in [0.25, 0.3) is 0 Å². The van der Waals surface area contributed by atoms with Crippen molar-refractivity contribution in [3.8, 4) is 17.2 Å². The molecule has 0 saturated heterocycles. The molecule has 1 N–H and O–H groups in total. The first kappa shape index (κ1) is 15.8. The van der Waals surface area contributed by atoms with E-state index in [2.05, 4.69) is 11.1 Å². The first-order valence-electron chi connectivity index (χ1n) is 7.16. The van der Waals surface area contributed by atoms with Crippen molar-refractivity contribution in [2.24, 2.45) is 0 Å². The van der Waals surface area contributed by atoms with Gasteiger partial charge in [-0.2, -0.15) is 5.26 Å². The lowest BCUT2D eigenvalue weighted by atomic mass is 9.99. The summed E-state index contributed by atoms with van der Waals surface area (Å²) in [6.45, 7) is 9.33. The van der Waals surface area contributed by atoms with Crippen molar-refractivity contribution in [2.75, 3.05) is 0 Å². The van der Waals surface area contributed by atoms with Crippen LogP contribution >= 0.6 is 0 Å². The maximum Gasteiger partial charge on any atom is 0.341 e. The van der Waals surface area contributed by atoms with Crippen LogP contribution in [0.5, 0.6) is 0 Å². The van der Waals surface area contributed by atoms with Crippen LogP contribution in [-0.2, 0) is 4.74 Å². The van der Waals surface area contributed by atoms with E-state index in [1.54, 1.807) is 12.1 Å². The van der Waals surface area contributed by atoms with Crippen molar-refractivity contribution in [1.29, 1.82) is 5.26 Å². The lowest BCUT2D eigenvalue weighted by molar-refractivity contribution is 0.00698. The minimum Gasteiger partial charge on any atom is -0.456 e. The lowest BCUT2D eigenvalue weighted by Crippen LogP contribution is -2.24. The number of H-pyrrole nitrogens is 1. The summed E-state index contributed by atoms with van der Waals surface area (Å²) in [5.74, 6) is -0.339. The minimum absolute atomic E-state index is 0.339. The monoisotopic (exact) mass is 296 g/mol. The maximum atomic E-state index is 12.5. The third-order valence-electron chi connectivity index (χ3n) is 3.28. The molecule has 4 heteroatoms. The molecule has 0 atom stereocenters. The van der Waals surface area contributed by atoms with Crippen LogP contribution in [0, 0.1) is 25.2 Å². The number of nitrogens with one attached hydrogen (secondary N) is 1. The number of esters is 1. The number of hydrogen-bond acceptors (Lipinski definition) is 3. The van der Waals surface area contributed by atoms with Gasteiger partial charge in [-0.1, -0.05) is 12.1 Å². The number of nitrogens with zero attached hydrogens (tertiary/aromatic N) is 1. The zero-order valence-corrected chi connectivity index (χ0v) is 13.6. The number of aryl methyl sites for hydroxylation is 2. The van der Waals surface area contributed by atoms with Crippen molar-refractivity contribution < 1.29 is 9.53 Å². The minimum atomic E-state index is -0.545. The summed E-state index contributed by atoms with van der Waals surface area (Å²) in [6, 6.07) is 9.28. The van der Waals surface area contributed by atoms with Gasteiger partial charge in [0.1, 0.15) is 5.60 Å². The Balaban J connectivity index is 2.52. The molecule has 0 aliphatic carbocycles. The number of aromatic amines is 1. The molecule has 2 rings (SSSR count). The summed E-state index contributed by atoms with van der Waals surface area (Å²) in [5.41, 5.74) is 4.01. The van der Waals surface area contributed by atoms with Gasteiger partial charge in [0.15, 0.2) is 0 Å². The van der Waals surface area contributed by atoms with Gasteiger partial charge in [-0.3, -0.25) is 0 Å². The Morgan fingerprint density at radius 1 is 1.14 bits per heavy atom. The predicted octanol–water partition coefficient (Wildman–Crippen LogP) is 4.13. The van der Waals surface area contributed by atoms with Gasteiger partial charge in [0.2, 0.25) is 0 Å². The SMILES string of the molecule is Cc1[nH]c(C)c(-c2ccc(C#N)cc2)c1C(=O)OC(C)(C)C. The van der Waals surface area contributed by atoms with Crippen molar-refractivity contribution in [2.45, 2.75) is 40.2 Å². The van der Waals surface area contributed by atoms with E-state index in [4.69, 9.17) is 10.00 Å². The van der Waals surface area contributed by atoms with Crippen LogP contribution in [0.2, 0.25) is 0 Å². The Kier molecular flexibility index (Phi) is 4.09. The van der Waals surface area contributed by atoms with E-state index in [1.165, 1.54) is 0 Å². The second kappa shape index (κ2) is 5.69. The largest absolute Gasteiger partial charge is 0.456 e. The zero-order chi connectivity index (χ0) is 16.5. The molecule has 114 valence electrons. The number of aromatic nitrogens is 1. The number of carbonyl (C=O) groups is 1. The highest BCUT2D eigenvalue weighted by molar-refractivity contribution is 5.99. The van der Waals surface area contributed by atoms with Crippen molar-refractivity contribution in [3.63, 3.8) is 0 Å². The quantitative estimate of drug-likeness (QED) is 0.847. The summed E-state index contributed by atoms with van der Waals surface area (Å²) in [5, 5.41) is 8.90. The molecule has 0 spiro atoms. The molecule has 0 bridgehead atoms. The van der Waals surface area contributed by atoms with E-state index in [9.17, 15) is 4.79 Å². The van der Waals surface area contributed by atoms with E-state index in [1.807, 2.05) is 46.8 Å². The van der Waals surface area contributed by atoms with Gasteiger partial charge in [-0.25, -0.2) is 4.79 Å². The number of nitriles is 1. The first-order chi connectivity index (χ1) is 10.2. The van der Waals surface area contributed by atoms with Crippen molar-refractivity contribution in [1.82, 2.24) is 4.98 Å². The van der Waals surface area contributed by atoms with E-state index < -0.39 is 5.60 Å². The maximum absolute atomic E-state index is 12.5. The fraction of sp³-hybridized carbons (Fsp3) is 0.333. The van der Waals surface area contributed by atoms with Crippen LogP contribution in [0.3, 0.4) is 0 Å². The molecular weight excluding hydrogens is 276 g/mol. The van der Waals surface area contributed by atoms with Crippen LogP contribution in [0.25, 0.3) is 11.1 Å². The van der Waals surface area contributed by atoms with Crippen LogP contribution in [0.15, 0.2) is 24.3 Å². The van der Waals surface area contributed by atoms with Gasteiger partial charge >= 0.3 is 5.97 Å². The van der Waals surface area contributed by atoms with Crippen molar-refractivity contribution in [3.05, 3.63) is 46.8 Å². The van der Waals surface area contributed by atoms with Gasteiger partial charge < -0.3 is 9.72 Å². The Bertz CT molecular complexity index is 741. The zero-order valence-electron chi connectivity index (χ0n) is 13.6. The second-order valence-corrected chi connectivity index (χ2v) is 6.32. The third-order valence-corrected chi connectivity index (χ3v) is 3.28. The molecule has 0 saturated carbocycles. The molecule has 2 aromatic rings. The molecule has 22 heavy (non-hydrogen) atoms. The van der Waals surface area contributed by atoms with Crippen LogP contribution in [0.1, 0.15) is 48.1 Å². The number of rotatable bonds is 2. The molecule has 1 aromatic carbocycles. The highest BCUT2D eigenvalue weighted by Gasteiger charge is 2.25. The van der Waals surface area contributed by atoms with Crippen LogP contribution < -0.4 is 0 Å². The molecule has 4 nitrogen and oxygen atoms in total. The normalized spacial score (nSPS) is 11.1. The predicted molar refractivity (Wildman–Crippen MR) is 85.6 cm³/mol. The van der Waals surface area contributed by atoms with E-state index >= 15 is 0 Å². The number of ether oxygens (including phenoxy) is 1. The number of hydrogen-bond donors (Lipinski definition) is 1. The fourth-order valence-corrected chi connectivity index (χ4v) is 2.44. The Hall–Kier alpha value is -2.54. The first-order valence-corrected chi connectivity index (χ1v) is 7.16. The van der Waals surface area contributed by atoms with Crippen LogP contribution in [-0.4, -0.2) is 16.6 Å². The molecule has 0 aliphatic rings. The van der Waals surface area contributed by atoms with E-state index in [-0.39, 0.29) is 5.97 Å².